The van der Waals surface area contributed by atoms with Crippen LogP contribution in [0.5, 0.6) is 5.75 Å². The normalized spacial score (nSPS) is 21.8. The van der Waals surface area contributed by atoms with Crippen LogP contribution in [-0.4, -0.2) is 90.0 Å². The second-order valence-corrected chi connectivity index (χ2v) is 10.1. The standard InChI is InChI=1S/C26H33F2N5O4/c1-16-13-32(14-17(2)37-16)26(35)24-19-5-4-6-22(19)33(29-24)15-23(34)31-9-7-30(8-10-31)18-11-20(27)25(36-3)21(28)12-18/h11-12,16-17H,4-10,13-15H2,1-3H3/t16-,17+. The van der Waals surface area contributed by atoms with Crippen LogP contribution in [0, 0.1) is 11.6 Å². The summed E-state index contributed by atoms with van der Waals surface area (Å²) in [6.07, 6.45) is 2.45. The van der Waals surface area contributed by atoms with Crippen molar-refractivity contribution in [1.29, 1.82) is 0 Å². The molecular formula is C26H33F2N5O4. The van der Waals surface area contributed by atoms with Crippen LogP contribution in [0.15, 0.2) is 12.1 Å². The third-order valence-corrected chi connectivity index (χ3v) is 7.39. The number of benzene rings is 1. The summed E-state index contributed by atoms with van der Waals surface area (Å²) >= 11 is 0. The van der Waals surface area contributed by atoms with Crippen molar-refractivity contribution < 1.29 is 27.8 Å². The molecular weight excluding hydrogens is 484 g/mol. The van der Waals surface area contributed by atoms with Crippen LogP contribution >= 0.6 is 0 Å². The minimum absolute atomic E-state index is 0.0334. The van der Waals surface area contributed by atoms with Gasteiger partial charge in [0.1, 0.15) is 6.54 Å². The molecule has 2 atom stereocenters. The number of nitrogens with zero attached hydrogens (tertiary/aromatic N) is 5. The Morgan fingerprint density at radius 2 is 1.68 bits per heavy atom. The molecule has 37 heavy (non-hydrogen) atoms. The number of carbonyl (C=O) groups is 2. The Morgan fingerprint density at radius 3 is 2.30 bits per heavy atom. The van der Waals surface area contributed by atoms with Crippen molar-refractivity contribution in [1.82, 2.24) is 19.6 Å². The van der Waals surface area contributed by atoms with E-state index in [4.69, 9.17) is 9.47 Å². The molecule has 0 saturated carbocycles. The van der Waals surface area contributed by atoms with Gasteiger partial charge in [-0.25, -0.2) is 8.78 Å². The van der Waals surface area contributed by atoms with Gasteiger partial charge in [-0.2, -0.15) is 5.10 Å². The number of rotatable bonds is 5. The Bertz CT molecular complexity index is 1160. The topological polar surface area (TPSA) is 80.1 Å². The summed E-state index contributed by atoms with van der Waals surface area (Å²) < 4.78 is 40.5. The van der Waals surface area contributed by atoms with Gasteiger partial charge in [-0.05, 0) is 33.1 Å². The number of aromatic nitrogens is 2. The molecule has 2 aromatic rings. The van der Waals surface area contributed by atoms with Crippen molar-refractivity contribution in [3.05, 3.63) is 40.7 Å². The molecule has 1 aromatic heterocycles. The highest BCUT2D eigenvalue weighted by atomic mass is 19.1. The predicted molar refractivity (Wildman–Crippen MR) is 132 cm³/mol. The lowest BCUT2D eigenvalue weighted by molar-refractivity contribution is -0.132. The van der Waals surface area contributed by atoms with Gasteiger partial charge in [0.05, 0.1) is 19.3 Å². The average Bonchev–Trinajstić information content (AvgIpc) is 3.47. The van der Waals surface area contributed by atoms with Gasteiger partial charge in [0.25, 0.3) is 5.91 Å². The van der Waals surface area contributed by atoms with Gasteiger partial charge in [0.2, 0.25) is 5.91 Å². The molecule has 0 unspecified atom stereocenters. The van der Waals surface area contributed by atoms with E-state index in [0.717, 1.165) is 30.5 Å². The van der Waals surface area contributed by atoms with Gasteiger partial charge < -0.3 is 24.2 Å². The second-order valence-electron chi connectivity index (χ2n) is 10.1. The molecule has 2 saturated heterocycles. The molecule has 2 aliphatic heterocycles. The largest absolute Gasteiger partial charge is 0.491 e. The van der Waals surface area contributed by atoms with Crippen molar-refractivity contribution >= 4 is 17.5 Å². The fourth-order valence-corrected chi connectivity index (χ4v) is 5.67. The van der Waals surface area contributed by atoms with Crippen LogP contribution in [0.3, 0.4) is 0 Å². The molecule has 11 heteroatoms. The summed E-state index contributed by atoms with van der Waals surface area (Å²) in [5, 5.41) is 4.62. The van der Waals surface area contributed by atoms with Gasteiger partial charge in [0.15, 0.2) is 23.1 Å². The minimum Gasteiger partial charge on any atom is -0.491 e. The number of fused-ring (bicyclic) bond motifs is 1. The molecule has 1 aromatic carbocycles. The first kappa shape index (κ1) is 25.4. The van der Waals surface area contributed by atoms with E-state index in [9.17, 15) is 18.4 Å². The molecule has 0 bridgehead atoms. The molecule has 9 nitrogen and oxygen atoms in total. The lowest BCUT2D eigenvalue weighted by Gasteiger charge is -2.36. The fourth-order valence-electron chi connectivity index (χ4n) is 5.67. The maximum Gasteiger partial charge on any atom is 0.274 e. The van der Waals surface area contributed by atoms with E-state index in [0.29, 0.717) is 50.6 Å². The van der Waals surface area contributed by atoms with E-state index < -0.39 is 17.4 Å². The van der Waals surface area contributed by atoms with Crippen LogP contribution < -0.4 is 9.64 Å². The van der Waals surface area contributed by atoms with Crippen LogP contribution in [0.4, 0.5) is 14.5 Å². The number of piperazine rings is 1. The molecule has 200 valence electrons. The Labute approximate surface area is 214 Å². The monoisotopic (exact) mass is 517 g/mol. The highest BCUT2D eigenvalue weighted by molar-refractivity contribution is 5.94. The first-order valence-corrected chi connectivity index (χ1v) is 12.8. The number of morpholine rings is 1. The summed E-state index contributed by atoms with van der Waals surface area (Å²) in [4.78, 5) is 31.9. The lowest BCUT2D eigenvalue weighted by atomic mass is 10.1. The first-order chi connectivity index (χ1) is 17.7. The quantitative estimate of drug-likeness (QED) is 0.606. The number of ether oxygens (including phenoxy) is 2. The Hall–Kier alpha value is -3.21. The molecule has 2 fully saturated rings. The van der Waals surface area contributed by atoms with Crippen LogP contribution in [0.2, 0.25) is 0 Å². The highest BCUT2D eigenvalue weighted by Crippen LogP contribution is 2.29. The number of amides is 2. The molecule has 3 aliphatic rings. The summed E-state index contributed by atoms with van der Waals surface area (Å²) in [6, 6.07) is 2.50. The van der Waals surface area contributed by atoms with Gasteiger partial charge >= 0.3 is 0 Å². The van der Waals surface area contributed by atoms with Crippen molar-refractivity contribution in [2.75, 3.05) is 51.3 Å². The third kappa shape index (κ3) is 5.01. The van der Waals surface area contributed by atoms with Crippen LogP contribution in [0.1, 0.15) is 42.0 Å². The van der Waals surface area contributed by atoms with E-state index in [1.807, 2.05) is 18.7 Å². The van der Waals surface area contributed by atoms with Crippen molar-refractivity contribution in [3.63, 3.8) is 0 Å². The molecule has 3 heterocycles. The molecule has 1 aliphatic carbocycles. The Kier molecular flexibility index (Phi) is 7.06. The maximum atomic E-state index is 14.1. The minimum atomic E-state index is -0.755. The summed E-state index contributed by atoms with van der Waals surface area (Å²) in [6.45, 7) is 6.78. The van der Waals surface area contributed by atoms with Crippen molar-refractivity contribution in [2.45, 2.75) is 51.9 Å². The van der Waals surface area contributed by atoms with Crippen molar-refractivity contribution in [3.8, 4) is 5.75 Å². The third-order valence-electron chi connectivity index (χ3n) is 7.39. The molecule has 0 spiro atoms. The number of carbonyl (C=O) groups excluding carboxylic acids is 2. The molecule has 0 radical (unpaired) electrons. The number of anilines is 1. The molecule has 5 rings (SSSR count). The Balaban J connectivity index is 1.24. The number of halogens is 2. The zero-order valence-corrected chi connectivity index (χ0v) is 21.5. The molecule has 0 N–H and O–H groups in total. The first-order valence-electron chi connectivity index (χ1n) is 12.8. The van der Waals surface area contributed by atoms with Gasteiger partial charge in [-0.3, -0.25) is 14.3 Å². The van der Waals surface area contributed by atoms with E-state index in [-0.39, 0.29) is 30.6 Å². The zero-order chi connectivity index (χ0) is 26.3. The highest BCUT2D eigenvalue weighted by Gasteiger charge is 2.33. The number of methoxy groups -OCH3 is 1. The van der Waals surface area contributed by atoms with E-state index in [1.165, 1.54) is 19.2 Å². The van der Waals surface area contributed by atoms with Gasteiger partial charge in [-0.15, -0.1) is 0 Å². The maximum absolute atomic E-state index is 14.1. The second kappa shape index (κ2) is 10.3. The average molecular weight is 518 g/mol. The summed E-state index contributed by atoms with van der Waals surface area (Å²) in [5.74, 6) is -2.10. The summed E-state index contributed by atoms with van der Waals surface area (Å²) in [7, 11) is 1.23. The van der Waals surface area contributed by atoms with Crippen molar-refractivity contribution in [2.24, 2.45) is 0 Å². The van der Waals surface area contributed by atoms with Crippen LogP contribution in [0.25, 0.3) is 0 Å². The van der Waals surface area contributed by atoms with E-state index >= 15 is 0 Å². The van der Waals surface area contributed by atoms with Gasteiger partial charge in [-0.1, -0.05) is 0 Å². The number of hydrogen-bond acceptors (Lipinski definition) is 6. The smallest absolute Gasteiger partial charge is 0.274 e. The van der Waals surface area contributed by atoms with E-state index in [2.05, 4.69) is 5.10 Å². The molecule has 2 amide bonds. The zero-order valence-electron chi connectivity index (χ0n) is 21.5. The Morgan fingerprint density at radius 1 is 1.03 bits per heavy atom. The van der Waals surface area contributed by atoms with Crippen LogP contribution in [-0.2, 0) is 28.9 Å². The SMILES string of the molecule is COc1c(F)cc(N2CCN(C(=O)Cn3nc(C(=O)N4C[C@@H](C)O[C@@H](C)C4)c4c3CCC4)CC2)cc1F. The summed E-state index contributed by atoms with van der Waals surface area (Å²) in [5.41, 5.74) is 2.80. The lowest BCUT2D eigenvalue weighted by Crippen LogP contribution is -2.49. The predicted octanol–water partition coefficient (Wildman–Crippen LogP) is 2.26. The van der Waals surface area contributed by atoms with E-state index in [1.54, 1.807) is 14.5 Å². The fraction of sp³-hybridized carbons (Fsp3) is 0.577. The van der Waals surface area contributed by atoms with Gasteiger partial charge in [0, 0.05) is 68.3 Å². The number of hydrogen-bond donors (Lipinski definition) is 0.